The lowest BCUT2D eigenvalue weighted by molar-refractivity contribution is 0.200. The van der Waals surface area contributed by atoms with Crippen molar-refractivity contribution in [3.63, 3.8) is 0 Å². The summed E-state index contributed by atoms with van der Waals surface area (Å²) >= 11 is 7.42. The number of rotatable bonds is 4. The van der Waals surface area contributed by atoms with Gasteiger partial charge in [-0.15, -0.1) is 0 Å². The molecule has 0 saturated carbocycles. The van der Waals surface area contributed by atoms with Gasteiger partial charge in [0.15, 0.2) is 5.15 Å². The molecule has 7 heteroatoms. The highest BCUT2D eigenvalue weighted by Gasteiger charge is 2.24. The van der Waals surface area contributed by atoms with Crippen molar-refractivity contribution in [3.05, 3.63) is 29.7 Å². The van der Waals surface area contributed by atoms with Crippen LogP contribution >= 0.6 is 22.9 Å². The Bertz CT molecular complexity index is 653. The number of amides is 1. The van der Waals surface area contributed by atoms with Crippen molar-refractivity contribution in [2.75, 3.05) is 11.4 Å². The molecule has 0 aliphatic heterocycles. The fourth-order valence-electron chi connectivity index (χ4n) is 1.80. The number of carboxylic acid groups (broad SMARTS) is 1. The molecular weight excluding hydrogens is 322 g/mol. The van der Waals surface area contributed by atoms with Crippen molar-refractivity contribution in [1.82, 2.24) is 9.97 Å². The quantitative estimate of drug-likeness (QED) is 0.870. The third kappa shape index (κ3) is 4.18. The highest BCUT2D eigenvalue weighted by atomic mass is 35.5. The number of hydrogen-bond acceptors (Lipinski definition) is 4. The number of nitrogens with zero attached hydrogens (tertiary/aromatic N) is 3. The molecule has 0 aliphatic rings. The van der Waals surface area contributed by atoms with E-state index < -0.39 is 6.09 Å². The zero-order valence-electron chi connectivity index (χ0n) is 12.7. The normalized spacial score (nSPS) is 11.5. The standard InChI is InChI=1S/C15H18ClN3O2S/c1-15(2,3)6-8-19(14(20)21)13-11(16)18-12(22-13)10-5-4-7-17-9-10/h4-5,7,9H,6,8H2,1-3H3,(H,20,21). The SMILES string of the molecule is CC(C)(C)CCN(C(=O)O)c1sc(-c2cccnc2)nc1Cl. The second kappa shape index (κ2) is 6.62. The first-order valence-electron chi connectivity index (χ1n) is 6.85. The van der Waals surface area contributed by atoms with Crippen LogP contribution in [0.2, 0.25) is 5.15 Å². The first kappa shape index (κ1) is 16.7. The van der Waals surface area contributed by atoms with Crippen LogP contribution in [0.4, 0.5) is 9.80 Å². The molecule has 2 aromatic rings. The molecule has 0 atom stereocenters. The Balaban J connectivity index is 2.29. The Hall–Kier alpha value is -1.66. The van der Waals surface area contributed by atoms with E-state index in [4.69, 9.17) is 11.6 Å². The van der Waals surface area contributed by atoms with E-state index in [0.29, 0.717) is 16.6 Å². The number of hydrogen-bond donors (Lipinski definition) is 1. The van der Waals surface area contributed by atoms with E-state index in [1.54, 1.807) is 18.5 Å². The van der Waals surface area contributed by atoms with Gasteiger partial charge in [-0.05, 0) is 24.0 Å². The van der Waals surface area contributed by atoms with Gasteiger partial charge in [-0.2, -0.15) is 0 Å². The van der Waals surface area contributed by atoms with Gasteiger partial charge in [0.05, 0.1) is 0 Å². The molecule has 2 heterocycles. The van der Waals surface area contributed by atoms with Gasteiger partial charge in [-0.1, -0.05) is 43.7 Å². The molecule has 0 radical (unpaired) electrons. The molecule has 22 heavy (non-hydrogen) atoms. The summed E-state index contributed by atoms with van der Waals surface area (Å²) in [5.41, 5.74) is 0.860. The number of thiazole rings is 1. The summed E-state index contributed by atoms with van der Waals surface area (Å²) in [4.78, 5) is 21.1. The maximum Gasteiger partial charge on any atom is 0.412 e. The van der Waals surface area contributed by atoms with Gasteiger partial charge in [-0.25, -0.2) is 9.78 Å². The minimum Gasteiger partial charge on any atom is -0.465 e. The Morgan fingerprint density at radius 3 is 2.73 bits per heavy atom. The number of halogens is 1. The van der Waals surface area contributed by atoms with E-state index in [-0.39, 0.29) is 10.6 Å². The van der Waals surface area contributed by atoms with Gasteiger partial charge < -0.3 is 5.11 Å². The maximum absolute atomic E-state index is 11.5. The molecule has 0 fully saturated rings. The lowest BCUT2D eigenvalue weighted by Crippen LogP contribution is -2.31. The van der Waals surface area contributed by atoms with Crippen molar-refractivity contribution < 1.29 is 9.90 Å². The van der Waals surface area contributed by atoms with Crippen LogP contribution in [0.25, 0.3) is 10.6 Å². The molecule has 0 aliphatic carbocycles. The van der Waals surface area contributed by atoms with Crippen LogP contribution in [0, 0.1) is 5.41 Å². The summed E-state index contributed by atoms with van der Waals surface area (Å²) < 4.78 is 0. The predicted molar refractivity (Wildman–Crippen MR) is 89.8 cm³/mol. The fourth-order valence-corrected chi connectivity index (χ4v) is 3.12. The molecule has 0 spiro atoms. The van der Waals surface area contributed by atoms with Gasteiger partial charge in [0.2, 0.25) is 0 Å². The zero-order valence-corrected chi connectivity index (χ0v) is 14.3. The molecule has 2 aromatic heterocycles. The molecule has 1 N–H and O–H groups in total. The first-order chi connectivity index (χ1) is 10.3. The largest absolute Gasteiger partial charge is 0.465 e. The zero-order chi connectivity index (χ0) is 16.3. The van der Waals surface area contributed by atoms with E-state index in [1.807, 2.05) is 6.07 Å². The predicted octanol–water partition coefficient (Wildman–Crippen LogP) is 4.78. The van der Waals surface area contributed by atoms with E-state index in [0.717, 1.165) is 12.0 Å². The van der Waals surface area contributed by atoms with Crippen LogP contribution in [0.3, 0.4) is 0 Å². The van der Waals surface area contributed by atoms with E-state index >= 15 is 0 Å². The first-order valence-corrected chi connectivity index (χ1v) is 8.04. The van der Waals surface area contributed by atoms with Crippen molar-refractivity contribution in [3.8, 4) is 10.6 Å². The molecule has 118 valence electrons. The fraction of sp³-hybridized carbons (Fsp3) is 0.400. The second-order valence-electron chi connectivity index (χ2n) is 6.10. The number of anilines is 1. The molecular formula is C15H18ClN3O2S. The van der Waals surface area contributed by atoms with Crippen LogP contribution in [0.15, 0.2) is 24.5 Å². The second-order valence-corrected chi connectivity index (χ2v) is 7.44. The summed E-state index contributed by atoms with van der Waals surface area (Å²) in [5, 5.41) is 10.8. The number of aromatic nitrogens is 2. The summed E-state index contributed by atoms with van der Waals surface area (Å²) in [6.45, 7) is 6.60. The van der Waals surface area contributed by atoms with Gasteiger partial charge in [0, 0.05) is 24.5 Å². The Labute approximate surface area is 138 Å². The summed E-state index contributed by atoms with van der Waals surface area (Å²) in [7, 11) is 0. The number of carbonyl (C=O) groups is 1. The van der Waals surface area contributed by atoms with Crippen LogP contribution < -0.4 is 4.90 Å². The van der Waals surface area contributed by atoms with Crippen molar-refractivity contribution in [2.24, 2.45) is 5.41 Å². The lowest BCUT2D eigenvalue weighted by atomic mass is 9.92. The smallest absolute Gasteiger partial charge is 0.412 e. The van der Waals surface area contributed by atoms with Crippen LogP contribution in [0.5, 0.6) is 0 Å². The van der Waals surface area contributed by atoms with Gasteiger partial charge in [0.1, 0.15) is 10.0 Å². The molecule has 0 saturated heterocycles. The van der Waals surface area contributed by atoms with Crippen LogP contribution in [-0.2, 0) is 0 Å². The molecule has 1 amide bonds. The van der Waals surface area contributed by atoms with Crippen molar-refractivity contribution >= 4 is 34.0 Å². The maximum atomic E-state index is 11.5. The van der Waals surface area contributed by atoms with Crippen molar-refractivity contribution in [2.45, 2.75) is 27.2 Å². The summed E-state index contributed by atoms with van der Waals surface area (Å²) in [6.07, 6.45) is 3.06. The molecule has 5 nitrogen and oxygen atoms in total. The highest BCUT2D eigenvalue weighted by Crippen LogP contribution is 2.38. The molecule has 0 bridgehead atoms. The van der Waals surface area contributed by atoms with Crippen LogP contribution in [-0.4, -0.2) is 27.7 Å². The third-order valence-corrected chi connectivity index (χ3v) is 4.54. The Morgan fingerprint density at radius 1 is 1.45 bits per heavy atom. The molecule has 0 aromatic carbocycles. The van der Waals surface area contributed by atoms with Gasteiger partial charge in [-0.3, -0.25) is 9.88 Å². The monoisotopic (exact) mass is 339 g/mol. The minimum absolute atomic E-state index is 0.0387. The summed E-state index contributed by atoms with van der Waals surface area (Å²) in [5.74, 6) is 0. The van der Waals surface area contributed by atoms with E-state index in [1.165, 1.54) is 16.2 Å². The third-order valence-electron chi connectivity index (χ3n) is 3.04. The Kier molecular flexibility index (Phi) is 5.03. The molecule has 0 unspecified atom stereocenters. The number of pyridine rings is 1. The molecule has 2 rings (SSSR count). The average molecular weight is 340 g/mol. The van der Waals surface area contributed by atoms with Gasteiger partial charge >= 0.3 is 6.09 Å². The van der Waals surface area contributed by atoms with Gasteiger partial charge in [0.25, 0.3) is 0 Å². The van der Waals surface area contributed by atoms with E-state index in [2.05, 4.69) is 30.7 Å². The lowest BCUT2D eigenvalue weighted by Gasteiger charge is -2.23. The average Bonchev–Trinajstić information content (AvgIpc) is 2.81. The highest BCUT2D eigenvalue weighted by molar-refractivity contribution is 7.19. The topological polar surface area (TPSA) is 66.3 Å². The minimum atomic E-state index is -1.02. The van der Waals surface area contributed by atoms with Crippen molar-refractivity contribution in [1.29, 1.82) is 0 Å². The van der Waals surface area contributed by atoms with Crippen LogP contribution in [0.1, 0.15) is 27.2 Å². The van der Waals surface area contributed by atoms with E-state index in [9.17, 15) is 9.90 Å². The summed E-state index contributed by atoms with van der Waals surface area (Å²) in [6, 6.07) is 3.67. The Morgan fingerprint density at radius 2 is 2.18 bits per heavy atom.